The average Bonchev–Trinajstić information content (AvgIpc) is 3.70. The number of benzene rings is 1. The van der Waals surface area contributed by atoms with Gasteiger partial charge in [-0.15, -0.1) is 11.3 Å². The molecule has 3 rings (SSSR count). The Hall–Kier alpha value is -4.22. The first-order valence-corrected chi connectivity index (χ1v) is 24.9. The number of phosphoric ester groups is 1. The number of nitrogens with zero attached hydrogens (tertiary/aromatic N) is 3. The van der Waals surface area contributed by atoms with Crippen molar-refractivity contribution in [2.45, 2.75) is 151 Å². The van der Waals surface area contributed by atoms with Crippen molar-refractivity contribution in [3.63, 3.8) is 0 Å². The maximum Gasteiger partial charge on any atom is 0.524 e. The molecular weight excluding hydrogens is 878 g/mol. The van der Waals surface area contributed by atoms with E-state index in [1.54, 1.807) is 11.9 Å². The van der Waals surface area contributed by atoms with E-state index in [0.717, 1.165) is 37.1 Å². The summed E-state index contributed by atoms with van der Waals surface area (Å²) in [6.45, 7) is 17.4. The van der Waals surface area contributed by atoms with Crippen molar-refractivity contribution in [3.05, 3.63) is 39.8 Å². The summed E-state index contributed by atoms with van der Waals surface area (Å²) in [6.07, 6.45) is 3.54. The minimum atomic E-state index is -5.02. The van der Waals surface area contributed by atoms with Crippen molar-refractivity contribution in [2.75, 3.05) is 26.0 Å². The summed E-state index contributed by atoms with van der Waals surface area (Å²) < 4.78 is 22.4. The van der Waals surface area contributed by atoms with E-state index in [-0.39, 0.29) is 84.2 Å². The number of carboxylic acid groups (broad SMARTS) is 1. The standard InChI is InChI=1S/C46H72N5O12PS/c1-12-28(4)33(24-38(53)36-15-13-14-20-50(36)10)44(56)51(11)37(27(2)3)25-40(62-30(6)52)43-49-35(26-65-43)42(55)47-32(21-29(5)45(57)58)22-31-16-17-39(63-64(59,60)61)34(23-31)48-41(54)18-19-46(7,8)9/h16-17,23,26-29,32-33,36-37,40H,12-15,18-22,24-25H2,1-11H3,(H,47,55)(H,48,54)(H,57,58)(H2,59,60,61)/t28-,29?,32+,33-,36+,37+,40+/m0/s1. The fraction of sp³-hybridized carbons (Fsp3) is 0.674. The van der Waals surface area contributed by atoms with Crippen LogP contribution in [0.15, 0.2) is 23.6 Å². The number of Topliss-reactive ketones (excluding diaryl/α,β-unsaturated/α-hetero) is 1. The zero-order valence-electron chi connectivity index (χ0n) is 39.9. The summed E-state index contributed by atoms with van der Waals surface area (Å²) in [5.74, 6) is -4.69. The van der Waals surface area contributed by atoms with Gasteiger partial charge in [-0.05, 0) is 80.6 Å². The fourth-order valence-corrected chi connectivity index (χ4v) is 9.34. The zero-order chi connectivity index (χ0) is 49.0. The zero-order valence-corrected chi connectivity index (χ0v) is 41.6. The Morgan fingerprint density at radius 1 is 1.06 bits per heavy atom. The molecule has 3 amide bonds. The number of anilines is 1. The third-order valence-electron chi connectivity index (χ3n) is 12.1. The Labute approximate surface area is 388 Å². The van der Waals surface area contributed by atoms with Gasteiger partial charge in [0.15, 0.2) is 17.6 Å². The Kier molecular flexibility index (Phi) is 20.8. The topological polar surface area (TPSA) is 242 Å². The van der Waals surface area contributed by atoms with E-state index < -0.39 is 61.6 Å². The normalized spacial score (nSPS) is 17.5. The number of ketones is 1. The van der Waals surface area contributed by atoms with Crippen molar-refractivity contribution in [3.8, 4) is 5.75 Å². The van der Waals surface area contributed by atoms with Crippen LogP contribution < -0.4 is 15.2 Å². The van der Waals surface area contributed by atoms with E-state index in [0.29, 0.717) is 23.4 Å². The van der Waals surface area contributed by atoms with Crippen molar-refractivity contribution < 1.29 is 57.5 Å². The number of aliphatic carboxylic acids is 1. The number of rotatable bonds is 24. The molecule has 1 unspecified atom stereocenters. The summed E-state index contributed by atoms with van der Waals surface area (Å²) in [7, 11) is -1.35. The molecule has 364 valence electrons. The molecule has 1 aliphatic rings. The molecule has 1 aliphatic heterocycles. The lowest BCUT2D eigenvalue weighted by atomic mass is 9.83. The SMILES string of the molecule is CC[C@H](C)[C@H](CC(=O)[C@H]1CCCCN1C)C(=O)N(C)[C@H](C[C@@H](OC(C)=O)c1nc(C(=O)N[C@@H](Cc2ccc(OP(=O)(O)O)c(NC(=O)CCC(C)(C)C)c2)CC(C)C(=O)O)cs1)C(C)C. The predicted octanol–water partition coefficient (Wildman–Crippen LogP) is 7.41. The number of hydrogen-bond donors (Lipinski definition) is 5. The molecule has 19 heteroatoms. The highest BCUT2D eigenvalue weighted by Gasteiger charge is 2.38. The minimum absolute atomic E-state index is 0.00930. The van der Waals surface area contributed by atoms with Gasteiger partial charge >= 0.3 is 19.8 Å². The van der Waals surface area contributed by atoms with Crippen LogP contribution in [0.2, 0.25) is 0 Å². The Morgan fingerprint density at radius 3 is 2.31 bits per heavy atom. The number of ether oxygens (including phenoxy) is 1. The second kappa shape index (κ2) is 24.5. The number of amides is 3. The van der Waals surface area contributed by atoms with Crippen LogP contribution >= 0.6 is 19.2 Å². The molecule has 0 radical (unpaired) electrons. The fourth-order valence-electron chi connectivity index (χ4n) is 8.09. The first kappa shape index (κ1) is 55.1. The predicted molar refractivity (Wildman–Crippen MR) is 248 cm³/mol. The Bertz CT molecular complexity index is 2010. The summed E-state index contributed by atoms with van der Waals surface area (Å²) in [4.78, 5) is 107. The highest BCUT2D eigenvalue weighted by atomic mass is 32.1. The molecule has 2 aromatic rings. The molecule has 0 saturated carbocycles. The van der Waals surface area contributed by atoms with Crippen LogP contribution in [-0.2, 0) is 39.7 Å². The molecule has 1 aromatic heterocycles. The number of nitrogens with one attached hydrogen (secondary N) is 2. The van der Waals surface area contributed by atoms with Gasteiger partial charge in [-0.2, -0.15) is 0 Å². The molecule has 0 bridgehead atoms. The first-order valence-electron chi connectivity index (χ1n) is 22.5. The number of thiazole rings is 1. The van der Waals surface area contributed by atoms with E-state index in [1.807, 2.05) is 55.5 Å². The Morgan fingerprint density at radius 2 is 1.74 bits per heavy atom. The van der Waals surface area contributed by atoms with Crippen LogP contribution in [0.1, 0.15) is 147 Å². The quantitative estimate of drug-likeness (QED) is 0.0509. The number of carbonyl (C=O) groups excluding carboxylic acids is 5. The number of esters is 1. The van der Waals surface area contributed by atoms with Crippen LogP contribution in [0.5, 0.6) is 5.75 Å². The molecule has 65 heavy (non-hydrogen) atoms. The lowest BCUT2D eigenvalue weighted by Gasteiger charge is -2.37. The van der Waals surface area contributed by atoms with Crippen LogP contribution in [0.3, 0.4) is 0 Å². The average molecular weight is 950 g/mol. The van der Waals surface area contributed by atoms with Crippen LogP contribution in [-0.4, -0.2) is 104 Å². The molecule has 0 spiro atoms. The highest BCUT2D eigenvalue weighted by molar-refractivity contribution is 7.46. The van der Waals surface area contributed by atoms with E-state index in [9.17, 15) is 48.2 Å². The summed E-state index contributed by atoms with van der Waals surface area (Å²) >= 11 is 1.10. The molecule has 17 nitrogen and oxygen atoms in total. The van der Waals surface area contributed by atoms with Gasteiger partial charge in [-0.1, -0.05) is 74.3 Å². The summed E-state index contributed by atoms with van der Waals surface area (Å²) in [5.41, 5.74) is 0.312. The number of likely N-dealkylation sites (N-methyl/N-ethyl adjacent to an activating group) is 1. The number of carboxylic acids is 1. The first-order chi connectivity index (χ1) is 30.2. The lowest BCUT2D eigenvalue weighted by Crippen LogP contribution is -2.48. The van der Waals surface area contributed by atoms with E-state index in [2.05, 4.69) is 20.5 Å². The van der Waals surface area contributed by atoms with Crippen molar-refractivity contribution in [1.82, 2.24) is 20.1 Å². The number of likely N-dealkylation sites (tertiary alicyclic amines) is 1. The molecule has 1 saturated heterocycles. The van der Waals surface area contributed by atoms with Gasteiger partial charge in [0.2, 0.25) is 11.8 Å². The Balaban J connectivity index is 1.89. The van der Waals surface area contributed by atoms with Gasteiger partial charge in [0.05, 0.1) is 17.6 Å². The molecule has 1 fully saturated rings. The maximum absolute atomic E-state index is 14.4. The molecular formula is C46H72N5O12PS. The van der Waals surface area contributed by atoms with Gasteiger partial charge in [-0.25, -0.2) is 9.55 Å². The molecule has 5 N–H and O–H groups in total. The van der Waals surface area contributed by atoms with Crippen molar-refractivity contribution in [2.24, 2.45) is 29.1 Å². The largest absolute Gasteiger partial charge is 0.524 e. The van der Waals surface area contributed by atoms with Crippen LogP contribution in [0, 0.1) is 29.1 Å². The van der Waals surface area contributed by atoms with E-state index in [1.165, 1.54) is 37.4 Å². The van der Waals surface area contributed by atoms with E-state index >= 15 is 0 Å². The summed E-state index contributed by atoms with van der Waals surface area (Å²) in [5, 5.41) is 17.2. The highest BCUT2D eigenvalue weighted by Crippen LogP contribution is 2.42. The smallest absolute Gasteiger partial charge is 0.481 e. The number of hydrogen-bond acceptors (Lipinski definition) is 12. The third-order valence-corrected chi connectivity index (χ3v) is 13.5. The number of carbonyl (C=O) groups is 6. The third kappa shape index (κ3) is 17.8. The number of piperidine rings is 1. The number of aromatic nitrogens is 1. The minimum Gasteiger partial charge on any atom is -0.481 e. The van der Waals surface area contributed by atoms with Crippen LogP contribution in [0.4, 0.5) is 5.69 Å². The van der Waals surface area contributed by atoms with Gasteiger partial charge < -0.3 is 29.9 Å². The monoisotopic (exact) mass is 949 g/mol. The second-order valence-corrected chi connectivity index (χ2v) is 21.2. The molecule has 2 heterocycles. The second-order valence-electron chi connectivity index (χ2n) is 19.2. The van der Waals surface area contributed by atoms with E-state index in [4.69, 9.17) is 9.26 Å². The lowest BCUT2D eigenvalue weighted by molar-refractivity contribution is -0.149. The molecule has 1 aromatic carbocycles. The van der Waals surface area contributed by atoms with Crippen LogP contribution in [0.25, 0.3) is 0 Å². The number of phosphoric acid groups is 1. The van der Waals surface area contributed by atoms with Crippen molar-refractivity contribution in [1.29, 1.82) is 0 Å². The van der Waals surface area contributed by atoms with Crippen molar-refractivity contribution >= 4 is 60.3 Å². The van der Waals surface area contributed by atoms with Gasteiger partial charge in [0.25, 0.3) is 5.91 Å². The van der Waals surface area contributed by atoms with Gasteiger partial charge in [-0.3, -0.25) is 43.5 Å². The molecule has 7 atom stereocenters. The van der Waals surface area contributed by atoms with Gasteiger partial charge in [0, 0.05) is 56.6 Å². The maximum atomic E-state index is 14.4. The van der Waals surface area contributed by atoms with Gasteiger partial charge in [0.1, 0.15) is 10.7 Å². The summed E-state index contributed by atoms with van der Waals surface area (Å²) in [6, 6.07) is 2.78. The molecule has 0 aliphatic carbocycles.